The number of aromatic nitrogens is 2. The van der Waals surface area contributed by atoms with Gasteiger partial charge in [-0.05, 0) is 37.3 Å². The lowest BCUT2D eigenvalue weighted by molar-refractivity contribution is 0.786. The second kappa shape index (κ2) is 4.74. The highest BCUT2D eigenvalue weighted by atomic mass is 32.1. The fourth-order valence-corrected chi connectivity index (χ4v) is 3.27. The number of anilines is 2. The molecule has 0 bridgehead atoms. The maximum atomic E-state index is 6.07. The Morgan fingerprint density at radius 3 is 2.70 bits per heavy atom. The van der Waals surface area contributed by atoms with Gasteiger partial charge in [0.25, 0.3) is 0 Å². The zero-order valence-electron chi connectivity index (χ0n) is 11.3. The number of nitrogens with two attached hydrogens (primary N) is 1. The molecular formula is C15H18N4S. The van der Waals surface area contributed by atoms with Crippen molar-refractivity contribution in [3.8, 4) is 0 Å². The third-order valence-electron chi connectivity index (χ3n) is 4.00. The molecule has 2 aliphatic rings. The minimum atomic E-state index is 0.620. The van der Waals surface area contributed by atoms with E-state index in [9.17, 15) is 0 Å². The molecule has 0 aliphatic heterocycles. The molecule has 1 aromatic carbocycles. The Labute approximate surface area is 122 Å². The van der Waals surface area contributed by atoms with Crippen LogP contribution in [0.4, 0.5) is 10.8 Å². The van der Waals surface area contributed by atoms with Gasteiger partial charge in [0, 0.05) is 35.7 Å². The first-order valence-corrected chi connectivity index (χ1v) is 8.02. The van der Waals surface area contributed by atoms with Gasteiger partial charge in [-0.1, -0.05) is 18.2 Å². The fourth-order valence-electron chi connectivity index (χ4n) is 2.45. The first-order valence-electron chi connectivity index (χ1n) is 7.25. The van der Waals surface area contributed by atoms with Gasteiger partial charge >= 0.3 is 0 Å². The monoisotopic (exact) mass is 286 g/mol. The van der Waals surface area contributed by atoms with Crippen molar-refractivity contribution >= 4 is 22.4 Å². The molecule has 1 heterocycles. The highest BCUT2D eigenvalue weighted by Crippen LogP contribution is 2.41. The summed E-state index contributed by atoms with van der Waals surface area (Å²) in [5, 5.41) is 1.07. The first kappa shape index (κ1) is 12.1. The van der Waals surface area contributed by atoms with Crippen LogP contribution in [0.2, 0.25) is 0 Å². The Kier molecular flexibility index (Phi) is 2.88. The molecule has 5 heteroatoms. The van der Waals surface area contributed by atoms with E-state index in [1.165, 1.54) is 31.2 Å². The summed E-state index contributed by atoms with van der Waals surface area (Å²) < 4.78 is 4.53. The molecule has 1 aromatic heterocycles. The lowest BCUT2D eigenvalue weighted by Gasteiger charge is -2.21. The van der Waals surface area contributed by atoms with Gasteiger partial charge < -0.3 is 10.6 Å². The van der Waals surface area contributed by atoms with E-state index in [0.29, 0.717) is 12.0 Å². The summed E-state index contributed by atoms with van der Waals surface area (Å²) >= 11 is 1.54. The second-order valence-corrected chi connectivity index (χ2v) is 6.50. The van der Waals surface area contributed by atoms with Gasteiger partial charge in [0.05, 0.1) is 0 Å². The quantitative estimate of drug-likeness (QED) is 0.858. The van der Waals surface area contributed by atoms with Gasteiger partial charge in [0.1, 0.15) is 5.82 Å². The molecule has 0 spiro atoms. The second-order valence-electron chi connectivity index (χ2n) is 5.77. The highest BCUT2D eigenvalue weighted by Gasteiger charge is 2.34. The number of rotatable bonds is 5. The molecule has 0 radical (unpaired) electrons. The van der Waals surface area contributed by atoms with Crippen LogP contribution < -0.4 is 10.6 Å². The summed E-state index contributed by atoms with van der Waals surface area (Å²) in [5.41, 5.74) is 8.12. The number of hydrogen-bond donors (Lipinski definition) is 1. The zero-order chi connectivity index (χ0) is 13.5. The fraction of sp³-hybridized carbons (Fsp3) is 0.467. The van der Waals surface area contributed by atoms with Crippen LogP contribution in [0.15, 0.2) is 24.3 Å². The molecule has 4 nitrogen and oxygen atoms in total. The molecule has 2 saturated carbocycles. The van der Waals surface area contributed by atoms with Crippen LogP contribution in [-0.2, 0) is 6.54 Å². The minimum Gasteiger partial charge on any atom is -0.398 e. The normalized spacial score (nSPS) is 18.2. The van der Waals surface area contributed by atoms with Crippen LogP contribution in [0.1, 0.15) is 43.0 Å². The third-order valence-corrected chi connectivity index (χ3v) is 4.77. The van der Waals surface area contributed by atoms with E-state index in [1.54, 1.807) is 11.5 Å². The number of nitrogen functional groups attached to an aromatic ring is 1. The van der Waals surface area contributed by atoms with Gasteiger partial charge in [-0.25, -0.2) is 4.98 Å². The Morgan fingerprint density at radius 1 is 1.20 bits per heavy atom. The molecule has 20 heavy (non-hydrogen) atoms. The number of para-hydroxylation sites is 1. The largest absolute Gasteiger partial charge is 0.398 e. The lowest BCUT2D eigenvalue weighted by Crippen LogP contribution is -2.25. The predicted octanol–water partition coefficient (Wildman–Crippen LogP) is 3.17. The minimum absolute atomic E-state index is 0.620. The van der Waals surface area contributed by atoms with Crippen LogP contribution in [0, 0.1) is 0 Å². The summed E-state index contributed by atoms with van der Waals surface area (Å²) in [6, 6.07) is 8.72. The van der Waals surface area contributed by atoms with Crippen molar-refractivity contribution in [2.24, 2.45) is 0 Å². The Morgan fingerprint density at radius 2 is 2.00 bits per heavy atom. The summed E-state index contributed by atoms with van der Waals surface area (Å²) in [4.78, 5) is 7.14. The van der Waals surface area contributed by atoms with Gasteiger partial charge in [-0.3, -0.25) is 0 Å². The molecule has 2 N–H and O–H groups in total. The zero-order valence-corrected chi connectivity index (χ0v) is 12.1. The molecule has 0 amide bonds. The van der Waals surface area contributed by atoms with E-state index in [1.807, 2.05) is 18.2 Å². The lowest BCUT2D eigenvalue weighted by atomic mass is 10.1. The van der Waals surface area contributed by atoms with E-state index < -0.39 is 0 Å². The Hall–Kier alpha value is -1.62. The SMILES string of the molecule is Nc1ccccc1CN(c1nc(C2CC2)ns1)C1CC1. The van der Waals surface area contributed by atoms with E-state index in [4.69, 9.17) is 10.7 Å². The Balaban J connectivity index is 1.58. The van der Waals surface area contributed by atoms with Crippen molar-refractivity contribution in [2.45, 2.75) is 44.2 Å². The standard InChI is InChI=1S/C15H18N4S/c16-13-4-2-1-3-11(13)9-19(12-7-8-12)15-17-14(18-20-15)10-5-6-10/h1-4,10,12H,5-9,16H2. The molecule has 104 valence electrons. The molecule has 0 unspecified atom stereocenters. The topological polar surface area (TPSA) is 55.0 Å². The summed E-state index contributed by atoms with van der Waals surface area (Å²) in [7, 11) is 0. The average Bonchev–Trinajstić information content (AvgIpc) is 3.37. The van der Waals surface area contributed by atoms with Crippen LogP contribution in [0.3, 0.4) is 0 Å². The Bertz CT molecular complexity index is 616. The highest BCUT2D eigenvalue weighted by molar-refractivity contribution is 7.09. The van der Waals surface area contributed by atoms with Crippen molar-refractivity contribution in [2.75, 3.05) is 10.6 Å². The third kappa shape index (κ3) is 2.38. The maximum Gasteiger partial charge on any atom is 0.205 e. The molecule has 2 fully saturated rings. The van der Waals surface area contributed by atoms with E-state index >= 15 is 0 Å². The maximum absolute atomic E-state index is 6.07. The molecule has 0 saturated heterocycles. The summed E-state index contributed by atoms with van der Waals surface area (Å²) in [5.74, 6) is 1.68. The van der Waals surface area contributed by atoms with E-state index in [-0.39, 0.29) is 0 Å². The molecule has 2 aromatic rings. The van der Waals surface area contributed by atoms with Crippen molar-refractivity contribution in [3.63, 3.8) is 0 Å². The van der Waals surface area contributed by atoms with Crippen molar-refractivity contribution < 1.29 is 0 Å². The van der Waals surface area contributed by atoms with Crippen molar-refractivity contribution in [1.29, 1.82) is 0 Å². The van der Waals surface area contributed by atoms with Gasteiger partial charge in [0.2, 0.25) is 5.13 Å². The van der Waals surface area contributed by atoms with E-state index in [2.05, 4.69) is 15.3 Å². The smallest absolute Gasteiger partial charge is 0.205 e. The van der Waals surface area contributed by atoms with Crippen LogP contribution in [0.5, 0.6) is 0 Å². The van der Waals surface area contributed by atoms with Gasteiger partial charge in [0.15, 0.2) is 0 Å². The summed E-state index contributed by atoms with van der Waals surface area (Å²) in [6.07, 6.45) is 5.02. The van der Waals surface area contributed by atoms with Crippen LogP contribution >= 0.6 is 11.5 Å². The molecule has 0 atom stereocenters. The van der Waals surface area contributed by atoms with E-state index in [0.717, 1.165) is 23.2 Å². The van der Waals surface area contributed by atoms with Gasteiger partial charge in [-0.2, -0.15) is 4.37 Å². The van der Waals surface area contributed by atoms with Crippen LogP contribution in [0.25, 0.3) is 0 Å². The molecule has 4 rings (SSSR count). The first-order chi connectivity index (χ1) is 9.81. The number of nitrogens with zero attached hydrogens (tertiary/aromatic N) is 3. The number of hydrogen-bond acceptors (Lipinski definition) is 5. The van der Waals surface area contributed by atoms with Crippen molar-refractivity contribution in [3.05, 3.63) is 35.7 Å². The summed E-state index contributed by atoms with van der Waals surface area (Å²) in [6.45, 7) is 0.844. The van der Waals surface area contributed by atoms with Gasteiger partial charge in [-0.15, -0.1) is 0 Å². The average molecular weight is 286 g/mol. The number of benzene rings is 1. The predicted molar refractivity (Wildman–Crippen MR) is 81.9 cm³/mol. The molecule has 2 aliphatic carbocycles. The molecular weight excluding hydrogens is 268 g/mol. The van der Waals surface area contributed by atoms with Crippen molar-refractivity contribution in [1.82, 2.24) is 9.36 Å². The van der Waals surface area contributed by atoms with Crippen LogP contribution in [-0.4, -0.2) is 15.4 Å².